The second-order valence-corrected chi connectivity index (χ2v) is 6.96. The Morgan fingerprint density at radius 1 is 1.24 bits per heavy atom. The second kappa shape index (κ2) is 6.02. The van der Waals surface area contributed by atoms with E-state index in [1.165, 1.54) is 30.3 Å². The zero-order chi connectivity index (χ0) is 15.6. The number of hydrogen-bond donors (Lipinski definition) is 1. The molecule has 2 aromatic rings. The maximum atomic E-state index is 13.4. The molecule has 0 atom stereocenters. The maximum Gasteiger partial charge on any atom is 0.262 e. The molecule has 0 aliphatic heterocycles. The van der Waals surface area contributed by atoms with Crippen molar-refractivity contribution >= 4 is 43.2 Å². The summed E-state index contributed by atoms with van der Waals surface area (Å²) in [5, 5.41) is 9.24. The predicted molar refractivity (Wildman–Crippen MR) is 81.1 cm³/mol. The second-order valence-electron chi connectivity index (χ2n) is 3.98. The first kappa shape index (κ1) is 15.8. The van der Waals surface area contributed by atoms with Gasteiger partial charge in [0.25, 0.3) is 10.0 Å². The quantitative estimate of drug-likeness (QED) is 0.865. The molecule has 21 heavy (non-hydrogen) atoms. The van der Waals surface area contributed by atoms with Gasteiger partial charge in [0.1, 0.15) is 11.9 Å². The van der Waals surface area contributed by atoms with Crippen molar-refractivity contribution < 1.29 is 12.8 Å². The molecule has 0 spiro atoms. The molecule has 1 N–H and O–H groups in total. The van der Waals surface area contributed by atoms with Crippen LogP contribution in [-0.4, -0.2) is 8.42 Å². The molecule has 0 aliphatic carbocycles. The maximum absolute atomic E-state index is 13.4. The fourth-order valence-corrected chi connectivity index (χ4v) is 3.05. The third kappa shape index (κ3) is 3.53. The van der Waals surface area contributed by atoms with E-state index < -0.39 is 15.8 Å². The molecular formula is C13H7BrClFN2O2S. The highest BCUT2D eigenvalue weighted by Crippen LogP contribution is 2.25. The summed E-state index contributed by atoms with van der Waals surface area (Å²) in [6, 6.07) is 9.43. The molecule has 0 amide bonds. The molecule has 2 rings (SSSR count). The first-order valence-corrected chi connectivity index (χ1v) is 8.16. The lowest BCUT2D eigenvalue weighted by atomic mass is 10.2. The van der Waals surface area contributed by atoms with E-state index in [1.807, 2.05) is 6.07 Å². The summed E-state index contributed by atoms with van der Waals surface area (Å²) in [4.78, 5) is -0.257. The van der Waals surface area contributed by atoms with Crippen molar-refractivity contribution in [1.82, 2.24) is 0 Å². The lowest BCUT2D eigenvalue weighted by Crippen LogP contribution is -2.14. The van der Waals surface area contributed by atoms with Crippen molar-refractivity contribution in [3.63, 3.8) is 0 Å². The molecule has 0 unspecified atom stereocenters. The van der Waals surface area contributed by atoms with Gasteiger partial charge in [0, 0.05) is 5.02 Å². The first-order valence-electron chi connectivity index (χ1n) is 5.51. The lowest BCUT2D eigenvalue weighted by Gasteiger charge is -2.10. The highest BCUT2D eigenvalue weighted by atomic mass is 79.9. The van der Waals surface area contributed by atoms with E-state index in [-0.39, 0.29) is 25.6 Å². The Morgan fingerprint density at radius 2 is 1.95 bits per heavy atom. The summed E-state index contributed by atoms with van der Waals surface area (Å²) in [6.45, 7) is 0. The molecule has 0 radical (unpaired) electrons. The zero-order valence-corrected chi connectivity index (χ0v) is 13.4. The standard InChI is InChI=1S/C13H7BrClFN2O2S/c14-11-4-3-10(6-12(11)16)21(19,20)18-13-5-9(15)2-1-8(13)7-17/h1-6,18H. The van der Waals surface area contributed by atoms with E-state index >= 15 is 0 Å². The van der Waals surface area contributed by atoms with Crippen molar-refractivity contribution in [2.75, 3.05) is 4.72 Å². The van der Waals surface area contributed by atoms with E-state index in [9.17, 15) is 12.8 Å². The molecule has 4 nitrogen and oxygen atoms in total. The number of nitriles is 1. The molecule has 0 aliphatic rings. The Labute approximate surface area is 134 Å². The fourth-order valence-electron chi connectivity index (χ4n) is 1.55. The van der Waals surface area contributed by atoms with Crippen LogP contribution in [-0.2, 0) is 10.0 Å². The van der Waals surface area contributed by atoms with E-state index in [2.05, 4.69) is 20.7 Å². The molecule has 108 valence electrons. The molecule has 0 fully saturated rings. The predicted octanol–water partition coefficient (Wildman–Crippen LogP) is 3.91. The van der Waals surface area contributed by atoms with Crippen molar-refractivity contribution in [1.29, 1.82) is 5.26 Å². The van der Waals surface area contributed by atoms with Crippen LogP contribution in [0.25, 0.3) is 0 Å². The molecule has 0 heterocycles. The van der Waals surface area contributed by atoms with Crippen LogP contribution in [0.2, 0.25) is 5.02 Å². The number of hydrogen-bond acceptors (Lipinski definition) is 3. The van der Waals surface area contributed by atoms with Crippen LogP contribution in [0, 0.1) is 17.1 Å². The third-order valence-corrected chi connectivity index (χ3v) is 4.79. The third-order valence-electron chi connectivity index (χ3n) is 2.55. The van der Waals surface area contributed by atoms with Gasteiger partial charge in [-0.3, -0.25) is 4.72 Å². The Bertz CT molecular complexity index is 850. The highest BCUT2D eigenvalue weighted by molar-refractivity contribution is 9.10. The Morgan fingerprint density at radius 3 is 2.57 bits per heavy atom. The summed E-state index contributed by atoms with van der Waals surface area (Å²) in [7, 11) is -4.02. The smallest absolute Gasteiger partial charge is 0.262 e. The molecule has 2 aromatic carbocycles. The Hall–Kier alpha value is -1.62. The fraction of sp³-hybridized carbons (Fsp3) is 0. The van der Waals surface area contributed by atoms with Gasteiger partial charge in [0.15, 0.2) is 0 Å². The van der Waals surface area contributed by atoms with Crippen LogP contribution in [0.5, 0.6) is 0 Å². The van der Waals surface area contributed by atoms with E-state index in [0.29, 0.717) is 0 Å². The van der Waals surface area contributed by atoms with Gasteiger partial charge >= 0.3 is 0 Å². The zero-order valence-electron chi connectivity index (χ0n) is 10.3. The van der Waals surface area contributed by atoms with Crippen molar-refractivity contribution in [3.05, 3.63) is 57.3 Å². The highest BCUT2D eigenvalue weighted by Gasteiger charge is 2.18. The number of benzene rings is 2. The summed E-state index contributed by atoms with van der Waals surface area (Å²) < 4.78 is 40.2. The van der Waals surface area contributed by atoms with E-state index in [4.69, 9.17) is 16.9 Å². The van der Waals surface area contributed by atoms with Crippen molar-refractivity contribution in [3.8, 4) is 6.07 Å². The molecule has 0 saturated heterocycles. The SMILES string of the molecule is N#Cc1ccc(Cl)cc1NS(=O)(=O)c1ccc(Br)c(F)c1. The van der Waals surface area contributed by atoms with Crippen LogP contribution in [0.3, 0.4) is 0 Å². The summed E-state index contributed by atoms with van der Waals surface area (Å²) in [5.74, 6) is -0.704. The Balaban J connectivity index is 2.45. The number of sulfonamides is 1. The number of nitrogens with zero attached hydrogens (tertiary/aromatic N) is 1. The largest absolute Gasteiger partial charge is 0.278 e. The van der Waals surface area contributed by atoms with Gasteiger partial charge in [-0.15, -0.1) is 0 Å². The molecule has 8 heteroatoms. The molecule has 0 bridgehead atoms. The van der Waals surface area contributed by atoms with Gasteiger partial charge in [-0.25, -0.2) is 12.8 Å². The lowest BCUT2D eigenvalue weighted by molar-refractivity contribution is 0.593. The topological polar surface area (TPSA) is 70.0 Å². The average molecular weight is 390 g/mol. The van der Waals surface area contributed by atoms with Crippen LogP contribution in [0.4, 0.5) is 10.1 Å². The van der Waals surface area contributed by atoms with Gasteiger partial charge in [0.05, 0.1) is 20.6 Å². The monoisotopic (exact) mass is 388 g/mol. The minimum Gasteiger partial charge on any atom is -0.278 e. The van der Waals surface area contributed by atoms with Gasteiger partial charge in [-0.2, -0.15) is 5.26 Å². The summed E-state index contributed by atoms with van der Waals surface area (Å²) >= 11 is 8.73. The van der Waals surface area contributed by atoms with E-state index in [1.54, 1.807) is 0 Å². The molecule has 0 saturated carbocycles. The van der Waals surface area contributed by atoms with E-state index in [0.717, 1.165) is 6.07 Å². The van der Waals surface area contributed by atoms with Gasteiger partial charge in [-0.1, -0.05) is 11.6 Å². The number of anilines is 1. The minimum absolute atomic E-state index is 0.0355. The van der Waals surface area contributed by atoms with Crippen LogP contribution in [0.15, 0.2) is 45.8 Å². The summed E-state index contributed by atoms with van der Waals surface area (Å²) in [6.07, 6.45) is 0. The van der Waals surface area contributed by atoms with Crippen LogP contribution >= 0.6 is 27.5 Å². The van der Waals surface area contributed by atoms with Crippen molar-refractivity contribution in [2.24, 2.45) is 0 Å². The number of nitrogens with one attached hydrogen (secondary N) is 1. The first-order chi connectivity index (χ1) is 9.83. The Kier molecular flexibility index (Phi) is 4.52. The summed E-state index contributed by atoms with van der Waals surface area (Å²) in [5.41, 5.74) is 0.147. The average Bonchev–Trinajstić information content (AvgIpc) is 2.41. The molecule has 0 aromatic heterocycles. The van der Waals surface area contributed by atoms with Gasteiger partial charge in [-0.05, 0) is 52.3 Å². The minimum atomic E-state index is -4.02. The van der Waals surface area contributed by atoms with Crippen molar-refractivity contribution in [2.45, 2.75) is 4.90 Å². The number of rotatable bonds is 3. The van der Waals surface area contributed by atoms with Gasteiger partial charge in [0.2, 0.25) is 0 Å². The molecular weight excluding hydrogens is 383 g/mol. The van der Waals surface area contributed by atoms with Crippen LogP contribution < -0.4 is 4.72 Å². The van der Waals surface area contributed by atoms with Crippen LogP contribution in [0.1, 0.15) is 5.56 Å². The van der Waals surface area contributed by atoms with Gasteiger partial charge < -0.3 is 0 Å². The normalized spacial score (nSPS) is 11.0. The number of halogens is 3.